The number of nitrogens with zero attached hydrogens (tertiary/aromatic N) is 1. The molecule has 0 heterocycles. The molecule has 0 saturated carbocycles. The predicted molar refractivity (Wildman–Crippen MR) is 42.1 cm³/mol. The highest BCUT2D eigenvalue weighted by molar-refractivity contribution is 5.74. The van der Waals surface area contributed by atoms with Gasteiger partial charge < -0.3 is 4.90 Å². The van der Waals surface area contributed by atoms with Crippen LogP contribution in [0, 0.1) is 6.54 Å². The van der Waals surface area contributed by atoms with Crippen molar-refractivity contribution in [2.45, 2.75) is 6.92 Å². The molecule has 0 aliphatic rings. The van der Waals surface area contributed by atoms with Crippen LogP contribution >= 0.6 is 0 Å². The Bertz CT molecular complexity index is 130. The van der Waals surface area contributed by atoms with E-state index in [1.807, 2.05) is 0 Å². The maximum absolute atomic E-state index is 10.7. The van der Waals surface area contributed by atoms with Gasteiger partial charge in [0.05, 0.1) is 6.54 Å². The first-order valence-electron chi connectivity index (χ1n) is 3.06. The third kappa shape index (κ3) is 3.07. The van der Waals surface area contributed by atoms with Crippen LogP contribution in [0.2, 0.25) is 0 Å². The van der Waals surface area contributed by atoms with Gasteiger partial charge in [-0.3, -0.25) is 4.79 Å². The fraction of sp³-hybridized carbons (Fsp3) is 0.250. The van der Waals surface area contributed by atoms with E-state index in [0.29, 0.717) is 6.54 Å². The molecule has 0 unspecified atom stereocenters. The highest BCUT2D eigenvalue weighted by Gasteiger charge is 2.02. The molecule has 0 aliphatic heterocycles. The molecule has 2 nitrogen and oxygen atoms in total. The molecule has 0 aromatic heterocycles. The summed E-state index contributed by atoms with van der Waals surface area (Å²) in [6.07, 6.45) is 3.24. The normalized spacial score (nSPS) is 8.50. The second-order valence-electron chi connectivity index (χ2n) is 1.84. The van der Waals surface area contributed by atoms with Gasteiger partial charge in [0.25, 0.3) is 0 Å². The lowest BCUT2D eigenvalue weighted by Gasteiger charge is -2.15. The molecule has 0 aromatic carbocycles. The first kappa shape index (κ1) is 8.95. The van der Waals surface area contributed by atoms with Gasteiger partial charge in [0, 0.05) is 13.5 Å². The molecule has 10 heavy (non-hydrogen) atoms. The fourth-order valence-electron chi connectivity index (χ4n) is 0.561. The van der Waals surface area contributed by atoms with Gasteiger partial charge in [0.15, 0.2) is 0 Å². The minimum Gasteiger partial charge on any atom is -0.330 e. The summed E-state index contributed by atoms with van der Waals surface area (Å²) in [5.74, 6) is -0.000185. The summed E-state index contributed by atoms with van der Waals surface area (Å²) in [5.41, 5.74) is 0. The van der Waals surface area contributed by atoms with E-state index in [1.54, 1.807) is 18.7 Å². The fourth-order valence-corrected chi connectivity index (χ4v) is 0.561. The van der Waals surface area contributed by atoms with Crippen LogP contribution in [-0.2, 0) is 4.79 Å². The predicted octanol–water partition coefficient (Wildman–Crippen LogP) is 1.37. The lowest BCUT2D eigenvalue weighted by Crippen LogP contribution is -2.25. The quantitative estimate of drug-likeness (QED) is 0.537. The zero-order valence-electron chi connectivity index (χ0n) is 6.21. The average molecular weight is 138 g/mol. The highest BCUT2D eigenvalue weighted by atomic mass is 16.2. The molecule has 0 fully saturated rings. The van der Waals surface area contributed by atoms with E-state index in [-0.39, 0.29) is 5.91 Å². The molecule has 0 atom stereocenters. The lowest BCUT2D eigenvalue weighted by molar-refractivity contribution is -0.126. The van der Waals surface area contributed by atoms with E-state index in [4.69, 9.17) is 0 Å². The van der Waals surface area contributed by atoms with Gasteiger partial charge in [-0.05, 0) is 0 Å². The van der Waals surface area contributed by atoms with Crippen molar-refractivity contribution < 1.29 is 4.79 Å². The Morgan fingerprint density at radius 2 is 2.20 bits per heavy atom. The summed E-state index contributed by atoms with van der Waals surface area (Å²) < 4.78 is 0. The lowest BCUT2D eigenvalue weighted by atomic mass is 10.4. The number of rotatable bonds is 4. The van der Waals surface area contributed by atoms with Crippen LogP contribution in [0.15, 0.2) is 25.3 Å². The summed E-state index contributed by atoms with van der Waals surface area (Å²) in [4.78, 5) is 12.3. The molecule has 0 aromatic rings. The third-order valence-corrected chi connectivity index (χ3v) is 1.02. The maximum Gasteiger partial charge on any atom is 0.220 e. The van der Waals surface area contributed by atoms with Gasteiger partial charge in [-0.2, -0.15) is 0 Å². The minimum absolute atomic E-state index is 0.000185. The Labute approximate surface area is 61.8 Å². The van der Waals surface area contributed by atoms with Crippen LogP contribution in [-0.4, -0.2) is 17.4 Å². The summed E-state index contributed by atoms with van der Waals surface area (Å²) in [7, 11) is 0. The average Bonchev–Trinajstić information content (AvgIpc) is 1.87. The Balaban J connectivity index is 3.83. The Hall–Kier alpha value is -1.05. The van der Waals surface area contributed by atoms with Crippen molar-refractivity contribution in [1.29, 1.82) is 0 Å². The van der Waals surface area contributed by atoms with Crippen molar-refractivity contribution >= 4 is 5.91 Å². The van der Waals surface area contributed by atoms with Crippen molar-refractivity contribution in [2.75, 3.05) is 6.54 Å². The molecular weight excluding hydrogens is 126 g/mol. The van der Waals surface area contributed by atoms with Crippen molar-refractivity contribution in [2.24, 2.45) is 0 Å². The van der Waals surface area contributed by atoms with E-state index in [0.717, 1.165) is 0 Å². The van der Waals surface area contributed by atoms with Gasteiger partial charge in [0.2, 0.25) is 5.91 Å². The van der Waals surface area contributed by atoms with E-state index in [9.17, 15) is 4.79 Å². The topological polar surface area (TPSA) is 20.3 Å². The van der Waals surface area contributed by atoms with Gasteiger partial charge in [-0.1, -0.05) is 12.2 Å². The number of hydrogen-bond donors (Lipinski definition) is 0. The van der Waals surface area contributed by atoms with Crippen LogP contribution in [0.3, 0.4) is 0 Å². The SMILES string of the molecule is C=C[CH]N(CC=C)C(C)=O. The summed E-state index contributed by atoms with van der Waals surface area (Å²) in [5, 5.41) is 0. The summed E-state index contributed by atoms with van der Waals surface area (Å²) >= 11 is 0. The second kappa shape index (κ2) is 4.79. The van der Waals surface area contributed by atoms with Crippen LogP contribution in [0.5, 0.6) is 0 Å². The zero-order valence-corrected chi connectivity index (χ0v) is 6.21. The van der Waals surface area contributed by atoms with Crippen molar-refractivity contribution in [1.82, 2.24) is 4.90 Å². The number of carbonyl (C=O) groups is 1. The van der Waals surface area contributed by atoms with Crippen LogP contribution in [0.4, 0.5) is 0 Å². The van der Waals surface area contributed by atoms with Gasteiger partial charge in [-0.15, -0.1) is 13.2 Å². The molecule has 1 amide bonds. The monoisotopic (exact) mass is 138 g/mol. The minimum atomic E-state index is -0.000185. The zero-order chi connectivity index (χ0) is 7.98. The third-order valence-electron chi connectivity index (χ3n) is 1.02. The second-order valence-corrected chi connectivity index (χ2v) is 1.84. The smallest absolute Gasteiger partial charge is 0.220 e. The molecule has 0 aliphatic carbocycles. The van der Waals surface area contributed by atoms with Gasteiger partial charge >= 0.3 is 0 Å². The molecular formula is C8H12NO. The van der Waals surface area contributed by atoms with Crippen LogP contribution < -0.4 is 0 Å². The largest absolute Gasteiger partial charge is 0.330 e. The molecule has 1 radical (unpaired) electrons. The number of amides is 1. The molecule has 55 valence electrons. The molecule has 0 N–H and O–H groups in total. The summed E-state index contributed by atoms with van der Waals surface area (Å²) in [6.45, 7) is 10.7. The van der Waals surface area contributed by atoms with E-state index in [2.05, 4.69) is 13.2 Å². The van der Waals surface area contributed by atoms with Crippen molar-refractivity contribution in [3.8, 4) is 0 Å². The van der Waals surface area contributed by atoms with E-state index < -0.39 is 0 Å². The van der Waals surface area contributed by atoms with Gasteiger partial charge in [-0.25, -0.2) is 0 Å². The van der Waals surface area contributed by atoms with Crippen molar-refractivity contribution in [3.63, 3.8) is 0 Å². The molecule has 2 heteroatoms. The van der Waals surface area contributed by atoms with Crippen molar-refractivity contribution in [3.05, 3.63) is 31.9 Å². The number of carbonyl (C=O) groups excluding carboxylic acids is 1. The first-order chi connectivity index (χ1) is 4.72. The van der Waals surface area contributed by atoms with E-state index >= 15 is 0 Å². The van der Waals surface area contributed by atoms with Crippen LogP contribution in [0.25, 0.3) is 0 Å². The molecule has 0 bridgehead atoms. The first-order valence-corrected chi connectivity index (χ1v) is 3.06. The molecule has 0 saturated heterocycles. The summed E-state index contributed by atoms with van der Waals surface area (Å²) in [6, 6.07) is 0. The Morgan fingerprint density at radius 3 is 2.50 bits per heavy atom. The number of hydrogen-bond acceptors (Lipinski definition) is 1. The van der Waals surface area contributed by atoms with Crippen LogP contribution in [0.1, 0.15) is 6.92 Å². The molecule has 0 spiro atoms. The standard InChI is InChI=1S/C8H12NO/c1-4-6-9(7-5-2)8(3)10/h4-6H,1-2,7H2,3H3. The maximum atomic E-state index is 10.7. The van der Waals surface area contributed by atoms with E-state index in [1.165, 1.54) is 11.8 Å². The Morgan fingerprint density at radius 1 is 1.60 bits per heavy atom. The van der Waals surface area contributed by atoms with Gasteiger partial charge in [0.1, 0.15) is 0 Å². The molecule has 0 rings (SSSR count). The highest BCUT2D eigenvalue weighted by Crippen LogP contribution is 1.93. The Kier molecular flexibility index (Phi) is 4.29.